The van der Waals surface area contributed by atoms with Crippen LogP contribution in [0.3, 0.4) is 0 Å². The Bertz CT molecular complexity index is 1120. The van der Waals surface area contributed by atoms with Gasteiger partial charge in [-0.3, -0.25) is 19.2 Å². The molecule has 2 unspecified atom stereocenters. The van der Waals surface area contributed by atoms with Crippen molar-refractivity contribution in [2.24, 2.45) is 5.92 Å². The Kier molecular flexibility index (Phi) is 14.5. The summed E-state index contributed by atoms with van der Waals surface area (Å²) in [6.45, 7) is 9.74. The van der Waals surface area contributed by atoms with E-state index >= 15 is 0 Å². The molecule has 0 saturated carbocycles. The number of benzene rings is 1. The van der Waals surface area contributed by atoms with E-state index in [2.05, 4.69) is 24.1 Å². The Morgan fingerprint density at radius 1 is 1.18 bits per heavy atom. The highest BCUT2D eigenvalue weighted by molar-refractivity contribution is 5.92. The SMILES string of the molecule is C=CC(=CCC)CON(C=O)CC(CCCCC)C(=O)NCNC(=O)c1ccc(-c2cccc(CC(C)O)c2)o1. The number of amides is 3. The van der Waals surface area contributed by atoms with Gasteiger partial charge in [0.2, 0.25) is 12.3 Å². The number of nitrogens with one attached hydrogen (secondary N) is 2. The van der Waals surface area contributed by atoms with Gasteiger partial charge >= 0.3 is 0 Å². The maximum atomic E-state index is 13.0. The average molecular weight is 554 g/mol. The van der Waals surface area contributed by atoms with Crippen LogP contribution in [0.1, 0.15) is 69.0 Å². The zero-order valence-corrected chi connectivity index (χ0v) is 23.9. The van der Waals surface area contributed by atoms with Crippen LogP contribution in [0.5, 0.6) is 0 Å². The van der Waals surface area contributed by atoms with Crippen molar-refractivity contribution < 1.29 is 28.7 Å². The van der Waals surface area contributed by atoms with Gasteiger partial charge in [-0.25, -0.2) is 5.06 Å². The fourth-order valence-electron chi connectivity index (χ4n) is 4.16. The Morgan fingerprint density at radius 3 is 2.65 bits per heavy atom. The Morgan fingerprint density at radius 2 is 1.98 bits per heavy atom. The number of rotatable bonds is 19. The summed E-state index contributed by atoms with van der Waals surface area (Å²) >= 11 is 0. The molecule has 1 heterocycles. The molecule has 3 N–H and O–H groups in total. The van der Waals surface area contributed by atoms with Gasteiger partial charge in [0, 0.05) is 5.56 Å². The van der Waals surface area contributed by atoms with E-state index in [0.29, 0.717) is 25.0 Å². The second-order valence-electron chi connectivity index (χ2n) is 9.70. The number of furan rings is 1. The third-order valence-corrected chi connectivity index (χ3v) is 6.25. The molecule has 9 nitrogen and oxygen atoms in total. The van der Waals surface area contributed by atoms with E-state index < -0.39 is 17.9 Å². The molecule has 2 atom stereocenters. The van der Waals surface area contributed by atoms with Crippen molar-refractivity contribution in [1.82, 2.24) is 15.7 Å². The molecule has 0 aliphatic heterocycles. The lowest BCUT2D eigenvalue weighted by Gasteiger charge is -2.23. The highest BCUT2D eigenvalue weighted by Crippen LogP contribution is 2.23. The summed E-state index contributed by atoms with van der Waals surface area (Å²) < 4.78 is 5.74. The molecule has 0 saturated heterocycles. The number of carbonyl (C=O) groups is 3. The number of hydrogen-bond acceptors (Lipinski definition) is 6. The quantitative estimate of drug-likeness (QED) is 0.0757. The van der Waals surface area contributed by atoms with Crippen LogP contribution < -0.4 is 10.6 Å². The third-order valence-electron chi connectivity index (χ3n) is 6.25. The number of nitrogens with zero attached hydrogens (tertiary/aromatic N) is 1. The number of allylic oxidation sites excluding steroid dienone is 1. The standard InChI is InChI=1S/C31H43N3O6/c1-5-8-9-13-27(19-34(22-35)39-20-24(7-3)11-6-2)30(37)32-21-33-31(38)29-16-15-28(40-29)26-14-10-12-25(18-26)17-23(4)36/h7,10-12,14-16,18,22-23,27,36H,3,5-6,8-9,13,17,19-21H2,1-2,4H3,(H,32,37)(H,33,38). The largest absolute Gasteiger partial charge is 0.451 e. The first kappa shape index (κ1) is 32.5. The average Bonchev–Trinajstić information content (AvgIpc) is 3.44. The van der Waals surface area contributed by atoms with Crippen LogP contribution in [-0.4, -0.2) is 54.3 Å². The number of carbonyl (C=O) groups excluding carboxylic acids is 3. The minimum Gasteiger partial charge on any atom is -0.451 e. The lowest BCUT2D eigenvalue weighted by atomic mass is 10.0. The first-order valence-corrected chi connectivity index (χ1v) is 13.9. The van der Waals surface area contributed by atoms with Crippen LogP contribution in [0.25, 0.3) is 11.3 Å². The molecule has 1 aromatic carbocycles. The van der Waals surface area contributed by atoms with E-state index in [-0.39, 0.29) is 31.5 Å². The molecule has 0 spiro atoms. The van der Waals surface area contributed by atoms with Gasteiger partial charge in [0.05, 0.1) is 31.8 Å². The van der Waals surface area contributed by atoms with Crippen LogP contribution in [0.2, 0.25) is 0 Å². The molecule has 1 aromatic heterocycles. The summed E-state index contributed by atoms with van der Waals surface area (Å²) in [5.74, 6) is -0.606. The van der Waals surface area contributed by atoms with E-state index in [9.17, 15) is 19.5 Å². The summed E-state index contributed by atoms with van der Waals surface area (Å²) in [6, 6.07) is 10.9. The molecule has 0 bridgehead atoms. The second kappa shape index (κ2) is 17.8. The predicted molar refractivity (Wildman–Crippen MR) is 155 cm³/mol. The number of hydroxylamine groups is 2. The van der Waals surface area contributed by atoms with Crippen LogP contribution in [0, 0.1) is 5.92 Å². The highest BCUT2D eigenvalue weighted by atomic mass is 16.7. The van der Waals surface area contributed by atoms with Crippen LogP contribution in [0.4, 0.5) is 0 Å². The zero-order chi connectivity index (χ0) is 29.3. The summed E-state index contributed by atoms with van der Waals surface area (Å²) in [4.78, 5) is 42.8. The van der Waals surface area contributed by atoms with Crippen LogP contribution in [0.15, 0.2) is 65.1 Å². The van der Waals surface area contributed by atoms with Gasteiger partial charge in [-0.05, 0) is 55.5 Å². The van der Waals surface area contributed by atoms with Crippen molar-refractivity contribution in [2.75, 3.05) is 19.8 Å². The van der Waals surface area contributed by atoms with Gasteiger partial charge in [0.15, 0.2) is 5.76 Å². The fourth-order valence-corrected chi connectivity index (χ4v) is 4.16. The van der Waals surface area contributed by atoms with E-state index in [0.717, 1.165) is 47.4 Å². The first-order valence-electron chi connectivity index (χ1n) is 13.9. The molecule has 9 heteroatoms. The summed E-state index contributed by atoms with van der Waals surface area (Å²) in [5, 5.41) is 16.2. The Hall–Kier alpha value is -3.69. The molecular weight excluding hydrogens is 510 g/mol. The molecule has 0 fully saturated rings. The van der Waals surface area contributed by atoms with Gasteiger partial charge in [0.25, 0.3) is 5.91 Å². The van der Waals surface area contributed by atoms with Crippen molar-refractivity contribution in [3.05, 3.63) is 72.0 Å². The second-order valence-corrected chi connectivity index (χ2v) is 9.70. The van der Waals surface area contributed by atoms with Crippen LogP contribution >= 0.6 is 0 Å². The fraction of sp³-hybridized carbons (Fsp3) is 0.452. The Balaban J connectivity index is 1.94. The van der Waals surface area contributed by atoms with Gasteiger partial charge in [-0.1, -0.05) is 70.0 Å². The van der Waals surface area contributed by atoms with Crippen molar-refractivity contribution in [3.8, 4) is 11.3 Å². The number of unbranched alkanes of at least 4 members (excludes halogenated alkanes) is 2. The molecule has 0 radical (unpaired) electrons. The van der Waals surface area contributed by atoms with Gasteiger partial charge < -0.3 is 20.2 Å². The van der Waals surface area contributed by atoms with Gasteiger partial charge in [0.1, 0.15) is 5.76 Å². The molecular formula is C31H43N3O6. The molecule has 0 aliphatic rings. The molecule has 0 aliphatic carbocycles. The van der Waals surface area contributed by atoms with Crippen LogP contribution in [-0.2, 0) is 20.8 Å². The zero-order valence-electron chi connectivity index (χ0n) is 23.9. The third kappa shape index (κ3) is 11.2. The normalized spacial score (nSPS) is 12.8. The maximum absolute atomic E-state index is 13.0. The smallest absolute Gasteiger partial charge is 0.288 e. The topological polar surface area (TPSA) is 121 Å². The molecule has 218 valence electrons. The summed E-state index contributed by atoms with van der Waals surface area (Å²) in [7, 11) is 0. The minimum atomic E-state index is -0.500. The summed E-state index contributed by atoms with van der Waals surface area (Å²) in [6.07, 6.45) is 8.45. The number of aliphatic hydroxyl groups excluding tert-OH is 1. The van der Waals surface area contributed by atoms with E-state index in [4.69, 9.17) is 9.25 Å². The van der Waals surface area contributed by atoms with Gasteiger partial charge in [-0.15, -0.1) is 0 Å². The van der Waals surface area contributed by atoms with Crippen molar-refractivity contribution in [1.29, 1.82) is 0 Å². The minimum absolute atomic E-state index is 0.0936. The predicted octanol–water partition coefficient (Wildman–Crippen LogP) is 4.78. The molecule has 2 rings (SSSR count). The number of hydrogen-bond donors (Lipinski definition) is 3. The molecule has 2 aromatic rings. The number of aliphatic hydroxyl groups is 1. The first-order chi connectivity index (χ1) is 19.3. The highest BCUT2D eigenvalue weighted by Gasteiger charge is 2.22. The lowest BCUT2D eigenvalue weighted by Crippen LogP contribution is -2.43. The maximum Gasteiger partial charge on any atom is 0.288 e. The molecule has 40 heavy (non-hydrogen) atoms. The summed E-state index contributed by atoms with van der Waals surface area (Å²) in [5.41, 5.74) is 2.62. The van der Waals surface area contributed by atoms with Crippen molar-refractivity contribution in [2.45, 2.75) is 65.4 Å². The monoisotopic (exact) mass is 553 g/mol. The van der Waals surface area contributed by atoms with Crippen molar-refractivity contribution in [3.63, 3.8) is 0 Å². The van der Waals surface area contributed by atoms with Gasteiger partial charge in [-0.2, -0.15) is 0 Å². The van der Waals surface area contributed by atoms with E-state index in [1.807, 2.05) is 37.3 Å². The lowest BCUT2D eigenvalue weighted by molar-refractivity contribution is -0.173. The van der Waals surface area contributed by atoms with Crippen molar-refractivity contribution >= 4 is 18.2 Å². The molecule has 3 amide bonds. The van der Waals surface area contributed by atoms with E-state index in [1.165, 1.54) is 0 Å². The Labute approximate surface area is 237 Å². The van der Waals surface area contributed by atoms with E-state index in [1.54, 1.807) is 25.1 Å².